The van der Waals surface area contributed by atoms with Crippen molar-refractivity contribution in [3.8, 4) is 0 Å². The molecule has 3 heterocycles. The average molecular weight is 421 g/mol. The zero-order valence-electron chi connectivity index (χ0n) is 14.6. The predicted octanol–water partition coefficient (Wildman–Crippen LogP) is 2.50. The van der Waals surface area contributed by atoms with Crippen LogP contribution in [0.15, 0.2) is 52.0 Å². The number of thioether (sulfide) groups is 1. The van der Waals surface area contributed by atoms with Crippen molar-refractivity contribution in [1.29, 1.82) is 0 Å². The van der Waals surface area contributed by atoms with Crippen molar-refractivity contribution in [3.63, 3.8) is 0 Å². The van der Waals surface area contributed by atoms with Gasteiger partial charge in [-0.05, 0) is 30.3 Å². The standard InChI is InChI=1S/C19H18ClN3O2S2/c20-14-3-1-4-15(11-14)22-8-6-21(7-9-22)13-23-18(24)17(27-19(23)26)12-16-5-2-10-25-16/h1-5,10-12H,6-9,13H2/p+1/b17-12+. The number of nitrogens with zero attached hydrogens (tertiary/aromatic N) is 2. The Hall–Kier alpha value is -1.80. The number of furan rings is 1. The zero-order chi connectivity index (χ0) is 18.8. The summed E-state index contributed by atoms with van der Waals surface area (Å²) in [6.45, 7) is 4.34. The fourth-order valence-corrected chi connectivity index (χ4v) is 4.69. The molecule has 2 aromatic rings. The number of hydrogen-bond donors (Lipinski definition) is 1. The lowest BCUT2D eigenvalue weighted by molar-refractivity contribution is -0.907. The minimum absolute atomic E-state index is 0.0360. The first kappa shape index (κ1) is 18.6. The van der Waals surface area contributed by atoms with Crippen molar-refractivity contribution in [2.75, 3.05) is 37.7 Å². The maximum absolute atomic E-state index is 12.7. The fraction of sp³-hybridized carbons (Fsp3) is 0.263. The summed E-state index contributed by atoms with van der Waals surface area (Å²) in [6.07, 6.45) is 3.35. The van der Waals surface area contributed by atoms with Gasteiger partial charge in [-0.15, -0.1) is 0 Å². The van der Waals surface area contributed by atoms with Gasteiger partial charge >= 0.3 is 0 Å². The minimum Gasteiger partial charge on any atom is -0.465 e. The van der Waals surface area contributed by atoms with Gasteiger partial charge in [-0.25, -0.2) is 4.90 Å². The van der Waals surface area contributed by atoms with E-state index in [-0.39, 0.29) is 5.91 Å². The summed E-state index contributed by atoms with van der Waals surface area (Å²) in [5, 5.41) is 0.753. The van der Waals surface area contributed by atoms with Crippen molar-refractivity contribution in [2.24, 2.45) is 0 Å². The Kier molecular flexibility index (Phi) is 5.54. The van der Waals surface area contributed by atoms with Crippen molar-refractivity contribution in [2.45, 2.75) is 0 Å². The molecule has 1 aromatic carbocycles. The predicted molar refractivity (Wildman–Crippen MR) is 113 cm³/mol. The van der Waals surface area contributed by atoms with Gasteiger partial charge in [0.15, 0.2) is 11.0 Å². The molecule has 0 bridgehead atoms. The topological polar surface area (TPSA) is 41.1 Å². The van der Waals surface area contributed by atoms with E-state index in [9.17, 15) is 4.79 Å². The van der Waals surface area contributed by atoms with Gasteiger partial charge in [0.25, 0.3) is 5.91 Å². The monoisotopic (exact) mass is 420 g/mol. The molecule has 27 heavy (non-hydrogen) atoms. The second-order valence-corrected chi connectivity index (χ2v) is 8.61. The van der Waals surface area contributed by atoms with Crippen LogP contribution in [0.5, 0.6) is 0 Å². The first-order chi connectivity index (χ1) is 13.1. The summed E-state index contributed by atoms with van der Waals surface area (Å²) in [6, 6.07) is 11.6. The van der Waals surface area contributed by atoms with E-state index >= 15 is 0 Å². The smallest absolute Gasteiger partial charge is 0.270 e. The van der Waals surface area contributed by atoms with E-state index in [1.165, 1.54) is 16.7 Å². The van der Waals surface area contributed by atoms with Crippen LogP contribution in [-0.2, 0) is 4.79 Å². The average Bonchev–Trinajstić information content (AvgIpc) is 3.27. The van der Waals surface area contributed by atoms with Crippen LogP contribution in [0.4, 0.5) is 5.69 Å². The van der Waals surface area contributed by atoms with Crippen LogP contribution in [0.25, 0.3) is 6.08 Å². The van der Waals surface area contributed by atoms with Gasteiger partial charge in [0.2, 0.25) is 0 Å². The number of rotatable bonds is 4. The van der Waals surface area contributed by atoms with Crippen molar-refractivity contribution in [1.82, 2.24) is 4.90 Å². The van der Waals surface area contributed by atoms with Crippen molar-refractivity contribution in [3.05, 3.63) is 58.3 Å². The SMILES string of the molecule is O=C1/C(=C\c2ccco2)SC(=S)N1C[NH+]1CCN(c2cccc(Cl)c2)CC1. The van der Waals surface area contributed by atoms with Crippen molar-refractivity contribution < 1.29 is 14.1 Å². The largest absolute Gasteiger partial charge is 0.465 e. The summed E-state index contributed by atoms with van der Waals surface area (Å²) in [5.74, 6) is 0.629. The van der Waals surface area contributed by atoms with E-state index in [4.69, 9.17) is 28.2 Å². The molecule has 2 fully saturated rings. The quantitative estimate of drug-likeness (QED) is 0.608. The Bertz CT molecular complexity index is 877. The molecule has 8 heteroatoms. The number of halogens is 1. The highest BCUT2D eigenvalue weighted by Crippen LogP contribution is 2.31. The van der Waals surface area contributed by atoms with Gasteiger partial charge in [-0.2, -0.15) is 0 Å². The van der Waals surface area contributed by atoms with Crippen LogP contribution in [0.2, 0.25) is 5.02 Å². The molecule has 140 valence electrons. The third-order valence-electron chi connectivity index (χ3n) is 4.72. The Morgan fingerprint density at radius 1 is 1.26 bits per heavy atom. The number of nitrogens with one attached hydrogen (secondary N) is 1. The van der Waals surface area contributed by atoms with E-state index in [2.05, 4.69) is 11.0 Å². The maximum Gasteiger partial charge on any atom is 0.270 e. The van der Waals surface area contributed by atoms with E-state index in [1.54, 1.807) is 23.3 Å². The fourth-order valence-electron chi connectivity index (χ4n) is 3.27. The number of carbonyl (C=O) groups is 1. The highest BCUT2D eigenvalue weighted by atomic mass is 35.5. The van der Waals surface area contributed by atoms with Crippen LogP contribution >= 0.6 is 35.6 Å². The Balaban J connectivity index is 1.36. The number of quaternary nitrogens is 1. The summed E-state index contributed by atoms with van der Waals surface area (Å²) in [5.41, 5.74) is 1.15. The Morgan fingerprint density at radius 2 is 2.07 bits per heavy atom. The van der Waals surface area contributed by atoms with Crippen molar-refractivity contribution >= 4 is 57.6 Å². The Labute approximate surface area is 172 Å². The number of piperazine rings is 1. The third-order valence-corrected chi connectivity index (χ3v) is 6.33. The van der Waals surface area contributed by atoms with Gasteiger partial charge in [0.1, 0.15) is 5.76 Å². The molecule has 0 atom stereocenters. The Morgan fingerprint density at radius 3 is 2.78 bits per heavy atom. The van der Waals surface area contributed by atoms with Crippen LogP contribution in [0, 0.1) is 0 Å². The third kappa shape index (κ3) is 4.21. The first-order valence-electron chi connectivity index (χ1n) is 8.73. The molecule has 0 unspecified atom stereocenters. The van der Waals surface area contributed by atoms with E-state index in [0.717, 1.165) is 36.9 Å². The van der Waals surface area contributed by atoms with Gasteiger partial charge in [-0.1, -0.05) is 41.6 Å². The highest BCUT2D eigenvalue weighted by molar-refractivity contribution is 8.26. The van der Waals surface area contributed by atoms with Gasteiger partial charge < -0.3 is 14.2 Å². The lowest BCUT2D eigenvalue weighted by atomic mass is 10.2. The van der Waals surface area contributed by atoms with E-state index in [0.29, 0.717) is 21.7 Å². The lowest BCUT2D eigenvalue weighted by Crippen LogP contribution is -3.16. The van der Waals surface area contributed by atoms with Crippen LogP contribution < -0.4 is 9.80 Å². The lowest BCUT2D eigenvalue weighted by Gasteiger charge is -2.35. The molecule has 5 nitrogen and oxygen atoms in total. The number of thiocarbonyl (C=S) groups is 1. The molecule has 1 amide bonds. The second kappa shape index (κ2) is 8.06. The highest BCUT2D eigenvalue weighted by Gasteiger charge is 2.35. The molecule has 0 radical (unpaired) electrons. The van der Waals surface area contributed by atoms with E-state index in [1.807, 2.05) is 24.3 Å². The van der Waals surface area contributed by atoms with Crippen LogP contribution in [0.3, 0.4) is 0 Å². The normalized spacial score (nSPS) is 20.1. The summed E-state index contributed by atoms with van der Waals surface area (Å²) >= 11 is 12.9. The summed E-state index contributed by atoms with van der Waals surface area (Å²) in [4.78, 5) is 18.7. The minimum atomic E-state index is -0.0360. The molecule has 0 spiro atoms. The molecule has 0 saturated carbocycles. The van der Waals surface area contributed by atoms with Crippen LogP contribution in [-0.4, -0.2) is 48.0 Å². The second-order valence-electron chi connectivity index (χ2n) is 6.50. The van der Waals surface area contributed by atoms with Gasteiger partial charge in [-0.3, -0.25) is 4.79 Å². The molecule has 1 aromatic heterocycles. The molecule has 4 rings (SSSR count). The van der Waals surface area contributed by atoms with Gasteiger partial charge in [0.05, 0.1) is 37.3 Å². The molecule has 2 aliphatic rings. The zero-order valence-corrected chi connectivity index (χ0v) is 16.9. The first-order valence-corrected chi connectivity index (χ1v) is 10.3. The van der Waals surface area contributed by atoms with Crippen LogP contribution in [0.1, 0.15) is 5.76 Å². The number of hydrogen-bond acceptors (Lipinski definition) is 5. The van der Waals surface area contributed by atoms with E-state index < -0.39 is 0 Å². The number of anilines is 1. The number of carbonyl (C=O) groups excluding carboxylic acids is 1. The molecule has 2 aliphatic heterocycles. The molecular weight excluding hydrogens is 402 g/mol. The summed E-state index contributed by atoms with van der Waals surface area (Å²) in [7, 11) is 0. The number of amides is 1. The maximum atomic E-state index is 12.7. The summed E-state index contributed by atoms with van der Waals surface area (Å²) < 4.78 is 5.92. The molecule has 1 N–H and O–H groups in total. The molecular formula is C19H19ClN3O2S2+. The number of benzene rings is 1. The molecule has 2 saturated heterocycles. The molecule has 0 aliphatic carbocycles. The van der Waals surface area contributed by atoms with Gasteiger partial charge in [0, 0.05) is 16.8 Å².